The van der Waals surface area contributed by atoms with Gasteiger partial charge in [-0.2, -0.15) is 0 Å². The summed E-state index contributed by atoms with van der Waals surface area (Å²) < 4.78 is 0. The molecule has 19 heavy (non-hydrogen) atoms. The number of carbonyl (C=O) groups is 1. The van der Waals surface area contributed by atoms with Gasteiger partial charge in [0.25, 0.3) is 11.6 Å². The topological polar surface area (TPSA) is 111 Å². The molecule has 1 fully saturated rings. The maximum absolute atomic E-state index is 12.0. The largest absolute Gasteiger partial charge is 0.383 e. The molecule has 0 spiro atoms. The molecular weight excluding hydrogens is 248 g/mol. The van der Waals surface area contributed by atoms with Crippen LogP contribution in [0.3, 0.4) is 0 Å². The van der Waals surface area contributed by atoms with Gasteiger partial charge in [-0.25, -0.2) is 4.98 Å². The molecule has 7 nitrogen and oxygen atoms in total. The number of nitrogen functional groups attached to an aromatic ring is 1. The minimum absolute atomic E-state index is 0.00172. The average Bonchev–Trinajstić information content (AvgIpc) is 2.34. The van der Waals surface area contributed by atoms with Crippen molar-refractivity contribution in [3.8, 4) is 0 Å². The lowest BCUT2D eigenvalue weighted by Gasteiger charge is -2.38. The van der Waals surface area contributed by atoms with E-state index < -0.39 is 10.8 Å². The number of nitrogens with one attached hydrogen (secondary N) is 1. The normalized spacial score (nSPS) is 16.5. The van der Waals surface area contributed by atoms with Crippen LogP contribution < -0.4 is 11.1 Å². The van der Waals surface area contributed by atoms with Crippen molar-refractivity contribution >= 4 is 17.4 Å². The first kappa shape index (κ1) is 13.3. The molecule has 0 bridgehead atoms. The monoisotopic (exact) mass is 264 g/mol. The van der Waals surface area contributed by atoms with Crippen LogP contribution in [-0.2, 0) is 0 Å². The van der Waals surface area contributed by atoms with Crippen LogP contribution in [0.1, 0.15) is 36.5 Å². The van der Waals surface area contributed by atoms with E-state index >= 15 is 0 Å². The van der Waals surface area contributed by atoms with Crippen LogP contribution in [0.15, 0.2) is 12.3 Å². The van der Waals surface area contributed by atoms with Crippen molar-refractivity contribution in [2.75, 3.05) is 12.3 Å². The zero-order valence-electron chi connectivity index (χ0n) is 10.7. The molecule has 0 saturated heterocycles. The summed E-state index contributed by atoms with van der Waals surface area (Å²) in [5.41, 5.74) is 5.53. The van der Waals surface area contributed by atoms with E-state index in [1.807, 2.05) is 0 Å². The van der Waals surface area contributed by atoms with E-state index in [9.17, 15) is 14.9 Å². The number of nitrogens with zero attached hydrogens (tertiary/aromatic N) is 2. The molecule has 0 unspecified atom stereocenters. The number of rotatable bonds is 4. The fourth-order valence-corrected chi connectivity index (χ4v) is 2.09. The van der Waals surface area contributed by atoms with E-state index in [0.717, 1.165) is 25.1 Å². The highest BCUT2D eigenvalue weighted by molar-refractivity contribution is 5.98. The van der Waals surface area contributed by atoms with Gasteiger partial charge in [0, 0.05) is 12.6 Å². The van der Waals surface area contributed by atoms with E-state index in [1.54, 1.807) is 0 Å². The smallest absolute Gasteiger partial charge is 0.288 e. The molecule has 1 heterocycles. The van der Waals surface area contributed by atoms with Crippen molar-refractivity contribution in [1.82, 2.24) is 10.3 Å². The molecule has 1 aliphatic carbocycles. The van der Waals surface area contributed by atoms with Gasteiger partial charge in [0.05, 0.1) is 10.5 Å². The van der Waals surface area contributed by atoms with E-state index in [2.05, 4.69) is 17.2 Å². The SMILES string of the molecule is CC1(CNC(=O)c2cc([N+](=O)[O-])cnc2N)CCC1. The standard InChI is InChI=1S/C12H16N4O3/c1-12(3-2-4-12)7-15-11(17)9-5-8(16(18)19)6-14-10(9)13/h5-6H,2-4,7H2,1H3,(H2,13,14)(H,15,17). The lowest BCUT2D eigenvalue weighted by atomic mass is 9.70. The van der Waals surface area contributed by atoms with Crippen LogP contribution in [0.4, 0.5) is 11.5 Å². The minimum atomic E-state index is -0.601. The van der Waals surface area contributed by atoms with Crippen molar-refractivity contribution in [1.29, 1.82) is 0 Å². The van der Waals surface area contributed by atoms with Gasteiger partial charge in [0.2, 0.25) is 0 Å². The molecule has 0 atom stereocenters. The number of hydrogen-bond acceptors (Lipinski definition) is 5. The Morgan fingerprint density at radius 2 is 2.32 bits per heavy atom. The molecule has 1 aromatic heterocycles. The van der Waals surface area contributed by atoms with Crippen molar-refractivity contribution in [2.45, 2.75) is 26.2 Å². The van der Waals surface area contributed by atoms with Crippen LogP contribution in [0, 0.1) is 15.5 Å². The molecule has 1 saturated carbocycles. The maximum atomic E-state index is 12.0. The van der Waals surface area contributed by atoms with Crippen molar-refractivity contribution < 1.29 is 9.72 Å². The summed E-state index contributed by atoms with van der Waals surface area (Å²) in [6, 6.07) is 1.15. The summed E-state index contributed by atoms with van der Waals surface area (Å²) >= 11 is 0. The predicted octanol–water partition coefficient (Wildman–Crippen LogP) is 1.49. The molecular formula is C12H16N4O3. The van der Waals surface area contributed by atoms with Crippen molar-refractivity contribution in [3.05, 3.63) is 27.9 Å². The fraction of sp³-hybridized carbons (Fsp3) is 0.500. The van der Waals surface area contributed by atoms with Crippen molar-refractivity contribution in [2.24, 2.45) is 5.41 Å². The van der Waals surface area contributed by atoms with Crippen LogP contribution in [0.2, 0.25) is 0 Å². The molecule has 0 aliphatic heterocycles. The Morgan fingerprint density at radius 1 is 1.63 bits per heavy atom. The molecule has 0 aromatic carbocycles. The fourth-order valence-electron chi connectivity index (χ4n) is 2.09. The lowest BCUT2D eigenvalue weighted by molar-refractivity contribution is -0.385. The third-order valence-corrected chi connectivity index (χ3v) is 3.60. The van der Waals surface area contributed by atoms with Gasteiger partial charge in [0.15, 0.2) is 0 Å². The number of aromatic nitrogens is 1. The first-order valence-electron chi connectivity index (χ1n) is 6.09. The molecule has 7 heteroatoms. The number of amides is 1. The van der Waals surface area contributed by atoms with Crippen LogP contribution in [0.25, 0.3) is 0 Å². The molecule has 1 amide bonds. The van der Waals surface area contributed by atoms with E-state index in [-0.39, 0.29) is 22.5 Å². The zero-order chi connectivity index (χ0) is 14.0. The highest BCUT2D eigenvalue weighted by Gasteiger charge is 2.32. The molecule has 2 rings (SSSR count). The minimum Gasteiger partial charge on any atom is -0.383 e. The number of nitro groups is 1. The van der Waals surface area contributed by atoms with Gasteiger partial charge in [-0.05, 0) is 18.3 Å². The maximum Gasteiger partial charge on any atom is 0.288 e. The number of anilines is 1. The molecule has 1 aromatic rings. The molecule has 0 radical (unpaired) electrons. The van der Waals surface area contributed by atoms with Gasteiger partial charge in [0.1, 0.15) is 12.0 Å². The van der Waals surface area contributed by atoms with Gasteiger partial charge in [-0.15, -0.1) is 0 Å². The summed E-state index contributed by atoms with van der Waals surface area (Å²) in [5, 5.41) is 13.4. The van der Waals surface area contributed by atoms with Gasteiger partial charge >= 0.3 is 0 Å². The Hall–Kier alpha value is -2.18. The number of nitrogens with two attached hydrogens (primary N) is 1. The second kappa shape index (κ2) is 4.83. The second-order valence-electron chi connectivity index (χ2n) is 5.23. The average molecular weight is 264 g/mol. The summed E-state index contributed by atoms with van der Waals surface area (Å²) in [4.78, 5) is 25.7. The zero-order valence-corrected chi connectivity index (χ0v) is 10.7. The first-order valence-corrected chi connectivity index (χ1v) is 6.09. The van der Waals surface area contributed by atoms with Gasteiger partial charge in [-0.1, -0.05) is 13.3 Å². The number of pyridine rings is 1. The Balaban J connectivity index is 2.09. The van der Waals surface area contributed by atoms with Crippen molar-refractivity contribution in [3.63, 3.8) is 0 Å². The molecule has 3 N–H and O–H groups in total. The van der Waals surface area contributed by atoms with Gasteiger partial charge in [-0.3, -0.25) is 14.9 Å². The molecule has 102 valence electrons. The first-order chi connectivity index (χ1) is 8.91. The summed E-state index contributed by atoms with van der Waals surface area (Å²) in [6.45, 7) is 2.65. The highest BCUT2D eigenvalue weighted by Crippen LogP contribution is 2.39. The molecule has 1 aliphatic rings. The van der Waals surface area contributed by atoms with Crippen LogP contribution in [-0.4, -0.2) is 22.4 Å². The quantitative estimate of drug-likeness (QED) is 0.632. The highest BCUT2D eigenvalue weighted by atomic mass is 16.6. The van der Waals surface area contributed by atoms with Crippen LogP contribution in [0.5, 0.6) is 0 Å². The van der Waals surface area contributed by atoms with E-state index in [0.29, 0.717) is 6.54 Å². The lowest BCUT2D eigenvalue weighted by Crippen LogP contribution is -2.40. The van der Waals surface area contributed by atoms with Gasteiger partial charge < -0.3 is 11.1 Å². The number of carbonyl (C=O) groups excluding carboxylic acids is 1. The summed E-state index contributed by atoms with van der Waals surface area (Å²) in [5.74, 6) is -0.413. The third-order valence-electron chi connectivity index (χ3n) is 3.60. The Labute approximate surface area is 110 Å². The second-order valence-corrected chi connectivity index (χ2v) is 5.23. The number of hydrogen-bond donors (Lipinski definition) is 2. The summed E-state index contributed by atoms with van der Waals surface area (Å²) in [6.07, 6.45) is 4.37. The predicted molar refractivity (Wildman–Crippen MR) is 69.6 cm³/mol. The Kier molecular flexibility index (Phi) is 3.37. The Morgan fingerprint density at radius 3 is 2.84 bits per heavy atom. The Bertz CT molecular complexity index is 526. The van der Waals surface area contributed by atoms with E-state index in [1.165, 1.54) is 6.42 Å². The summed E-state index contributed by atoms with van der Waals surface area (Å²) in [7, 11) is 0. The van der Waals surface area contributed by atoms with E-state index in [4.69, 9.17) is 5.73 Å². The van der Waals surface area contributed by atoms with Crippen LogP contribution >= 0.6 is 0 Å². The third kappa shape index (κ3) is 2.81.